The quantitative estimate of drug-likeness (QED) is 0.780. The van der Waals surface area contributed by atoms with Gasteiger partial charge in [0, 0.05) is 31.7 Å². The lowest BCUT2D eigenvalue weighted by atomic mass is 9.62. The van der Waals surface area contributed by atoms with Crippen molar-refractivity contribution < 1.29 is 0 Å². The van der Waals surface area contributed by atoms with E-state index in [-0.39, 0.29) is 5.54 Å². The molecule has 1 aliphatic rings. The highest BCUT2D eigenvalue weighted by Gasteiger charge is 2.49. The minimum atomic E-state index is 0.186. The van der Waals surface area contributed by atoms with Gasteiger partial charge in [-0.25, -0.2) is 0 Å². The fraction of sp³-hybridized carbons (Fsp3) is 1.00. The summed E-state index contributed by atoms with van der Waals surface area (Å²) in [5.41, 5.74) is 6.85. The predicted molar refractivity (Wildman–Crippen MR) is 89.0 cm³/mol. The molecule has 0 aromatic carbocycles. The van der Waals surface area contributed by atoms with E-state index in [0.29, 0.717) is 11.3 Å². The number of likely N-dealkylation sites (N-methyl/N-ethyl adjacent to an activating group) is 1. The van der Waals surface area contributed by atoms with Gasteiger partial charge in [0.15, 0.2) is 0 Å². The average Bonchev–Trinajstić information content (AvgIpc) is 2.34. The maximum absolute atomic E-state index is 6.34. The molecule has 0 aliphatic heterocycles. The first-order valence-corrected chi connectivity index (χ1v) is 8.35. The van der Waals surface area contributed by atoms with E-state index >= 15 is 0 Å². The second kappa shape index (κ2) is 7.24. The summed E-state index contributed by atoms with van der Waals surface area (Å²) in [6, 6.07) is 0. The third kappa shape index (κ3) is 3.96. The molecule has 1 saturated carbocycles. The Kier molecular flexibility index (Phi) is 6.49. The van der Waals surface area contributed by atoms with Crippen LogP contribution in [0.5, 0.6) is 0 Å². The largest absolute Gasteiger partial charge is 0.329 e. The van der Waals surface area contributed by atoms with E-state index in [0.717, 1.165) is 26.2 Å². The molecule has 0 aromatic heterocycles. The molecular formula is C17H37N3. The van der Waals surface area contributed by atoms with Crippen LogP contribution < -0.4 is 5.73 Å². The minimum Gasteiger partial charge on any atom is -0.329 e. The van der Waals surface area contributed by atoms with E-state index < -0.39 is 0 Å². The second-order valence-electron chi connectivity index (χ2n) is 7.97. The van der Waals surface area contributed by atoms with Crippen molar-refractivity contribution in [3.05, 3.63) is 0 Å². The molecule has 1 aliphatic carbocycles. The molecule has 0 saturated heterocycles. The highest BCUT2D eigenvalue weighted by molar-refractivity contribution is 5.05. The van der Waals surface area contributed by atoms with Gasteiger partial charge in [-0.05, 0) is 38.3 Å². The topological polar surface area (TPSA) is 32.5 Å². The van der Waals surface area contributed by atoms with Gasteiger partial charge in [-0.3, -0.25) is 4.90 Å². The summed E-state index contributed by atoms with van der Waals surface area (Å²) >= 11 is 0. The molecule has 0 radical (unpaired) electrons. The maximum Gasteiger partial charge on any atom is 0.0383 e. The zero-order valence-corrected chi connectivity index (χ0v) is 14.7. The Morgan fingerprint density at radius 1 is 1.05 bits per heavy atom. The normalized spacial score (nSPS) is 26.7. The van der Waals surface area contributed by atoms with E-state index in [2.05, 4.69) is 51.6 Å². The first-order chi connectivity index (χ1) is 9.25. The number of hydrogen-bond donors (Lipinski definition) is 1. The summed E-state index contributed by atoms with van der Waals surface area (Å²) < 4.78 is 0. The van der Waals surface area contributed by atoms with Gasteiger partial charge in [0.25, 0.3) is 0 Å². The van der Waals surface area contributed by atoms with Crippen LogP contribution in [-0.2, 0) is 0 Å². The fourth-order valence-electron chi connectivity index (χ4n) is 3.89. The highest BCUT2D eigenvalue weighted by atomic mass is 15.2. The van der Waals surface area contributed by atoms with Crippen LogP contribution in [0.2, 0.25) is 0 Å². The third-order valence-corrected chi connectivity index (χ3v) is 5.25. The van der Waals surface area contributed by atoms with E-state index in [1.54, 1.807) is 0 Å². The van der Waals surface area contributed by atoms with Crippen LogP contribution in [0.1, 0.15) is 53.4 Å². The van der Waals surface area contributed by atoms with Gasteiger partial charge in [-0.1, -0.05) is 40.5 Å². The lowest BCUT2D eigenvalue weighted by Crippen LogP contribution is -2.65. The standard InChI is InChI=1S/C17H37N3/c1-15(2)13-20(12-11-19(5)6)17(14-18)10-8-7-9-16(17,3)4/h15H,7-14,18H2,1-6H3. The molecule has 0 heterocycles. The Bertz CT molecular complexity index is 286. The summed E-state index contributed by atoms with van der Waals surface area (Å²) in [4.78, 5) is 5.00. The number of rotatable bonds is 7. The van der Waals surface area contributed by atoms with Crippen LogP contribution in [0.3, 0.4) is 0 Å². The van der Waals surface area contributed by atoms with E-state index in [1.165, 1.54) is 25.7 Å². The molecule has 1 atom stereocenters. The van der Waals surface area contributed by atoms with Crippen LogP contribution in [0.4, 0.5) is 0 Å². The van der Waals surface area contributed by atoms with Gasteiger partial charge in [0.05, 0.1) is 0 Å². The van der Waals surface area contributed by atoms with Gasteiger partial charge < -0.3 is 10.6 Å². The lowest BCUT2D eigenvalue weighted by Gasteiger charge is -2.56. The van der Waals surface area contributed by atoms with Crippen molar-refractivity contribution >= 4 is 0 Å². The van der Waals surface area contributed by atoms with Crippen LogP contribution in [0, 0.1) is 11.3 Å². The summed E-state index contributed by atoms with van der Waals surface area (Å²) in [7, 11) is 4.32. The molecule has 2 N–H and O–H groups in total. The molecule has 0 spiro atoms. The molecule has 1 fully saturated rings. The van der Waals surface area contributed by atoms with Crippen molar-refractivity contribution in [1.29, 1.82) is 0 Å². The second-order valence-corrected chi connectivity index (χ2v) is 7.97. The van der Waals surface area contributed by atoms with Gasteiger partial charge in [0.2, 0.25) is 0 Å². The van der Waals surface area contributed by atoms with Crippen LogP contribution in [0.15, 0.2) is 0 Å². The molecule has 3 nitrogen and oxygen atoms in total. The maximum atomic E-state index is 6.34. The highest BCUT2D eigenvalue weighted by Crippen LogP contribution is 2.47. The van der Waals surface area contributed by atoms with Crippen molar-refractivity contribution in [2.45, 2.75) is 58.9 Å². The van der Waals surface area contributed by atoms with Crippen molar-refractivity contribution in [2.75, 3.05) is 40.3 Å². The van der Waals surface area contributed by atoms with Crippen LogP contribution in [-0.4, -0.2) is 55.6 Å². The van der Waals surface area contributed by atoms with Crippen molar-refractivity contribution in [2.24, 2.45) is 17.1 Å². The lowest BCUT2D eigenvalue weighted by molar-refractivity contribution is -0.0515. The summed E-state index contributed by atoms with van der Waals surface area (Å²) in [6.45, 7) is 13.7. The number of hydrogen-bond acceptors (Lipinski definition) is 3. The molecule has 120 valence electrons. The molecule has 0 bridgehead atoms. The van der Waals surface area contributed by atoms with Crippen molar-refractivity contribution in [1.82, 2.24) is 9.80 Å². The number of nitrogens with two attached hydrogens (primary N) is 1. The third-order valence-electron chi connectivity index (χ3n) is 5.25. The molecule has 1 unspecified atom stereocenters. The zero-order valence-electron chi connectivity index (χ0n) is 14.7. The van der Waals surface area contributed by atoms with E-state index in [4.69, 9.17) is 5.73 Å². The first-order valence-electron chi connectivity index (χ1n) is 8.35. The average molecular weight is 284 g/mol. The monoisotopic (exact) mass is 283 g/mol. The van der Waals surface area contributed by atoms with Crippen molar-refractivity contribution in [3.8, 4) is 0 Å². The molecule has 0 aromatic rings. The molecule has 3 heteroatoms. The summed E-state index contributed by atoms with van der Waals surface area (Å²) in [6.07, 6.45) is 5.26. The van der Waals surface area contributed by atoms with E-state index in [1.807, 2.05) is 0 Å². The van der Waals surface area contributed by atoms with Crippen LogP contribution in [0.25, 0.3) is 0 Å². The zero-order chi connectivity index (χ0) is 15.4. The molecule has 20 heavy (non-hydrogen) atoms. The van der Waals surface area contributed by atoms with Gasteiger partial charge in [-0.2, -0.15) is 0 Å². The first kappa shape index (κ1) is 17.9. The molecular weight excluding hydrogens is 246 g/mol. The van der Waals surface area contributed by atoms with Gasteiger partial charge >= 0.3 is 0 Å². The van der Waals surface area contributed by atoms with E-state index in [9.17, 15) is 0 Å². The predicted octanol–water partition coefficient (Wildman–Crippen LogP) is 2.80. The molecule has 1 rings (SSSR count). The number of nitrogens with zero attached hydrogens (tertiary/aromatic N) is 2. The Labute approximate surface area is 126 Å². The minimum absolute atomic E-state index is 0.186. The smallest absolute Gasteiger partial charge is 0.0383 e. The van der Waals surface area contributed by atoms with Gasteiger partial charge in [-0.15, -0.1) is 0 Å². The molecule has 0 amide bonds. The Balaban J connectivity index is 2.98. The Hall–Kier alpha value is -0.120. The Morgan fingerprint density at radius 3 is 2.10 bits per heavy atom. The fourth-order valence-corrected chi connectivity index (χ4v) is 3.89. The van der Waals surface area contributed by atoms with Crippen LogP contribution >= 0.6 is 0 Å². The Morgan fingerprint density at radius 2 is 1.65 bits per heavy atom. The summed E-state index contributed by atoms with van der Waals surface area (Å²) in [5.74, 6) is 0.693. The summed E-state index contributed by atoms with van der Waals surface area (Å²) in [5, 5.41) is 0. The van der Waals surface area contributed by atoms with Crippen molar-refractivity contribution in [3.63, 3.8) is 0 Å². The SMILES string of the molecule is CC(C)CN(CCN(C)C)C1(CN)CCCCC1(C)C. The van der Waals surface area contributed by atoms with Gasteiger partial charge in [0.1, 0.15) is 0 Å².